The molecule has 0 saturated heterocycles. The van der Waals surface area contributed by atoms with E-state index in [1.807, 2.05) is 30.3 Å². The average molecular weight is 290 g/mol. The van der Waals surface area contributed by atoms with Crippen LogP contribution in [-0.2, 0) is 12.0 Å². The van der Waals surface area contributed by atoms with Gasteiger partial charge >= 0.3 is 0 Å². The van der Waals surface area contributed by atoms with Gasteiger partial charge in [0.05, 0.1) is 0 Å². The van der Waals surface area contributed by atoms with Crippen molar-refractivity contribution in [1.82, 2.24) is 0 Å². The number of benzene rings is 2. The first-order valence-corrected chi connectivity index (χ1v) is 7.05. The molecule has 0 bridgehead atoms. The highest BCUT2D eigenvalue weighted by Crippen LogP contribution is 2.32. The lowest BCUT2D eigenvalue weighted by atomic mass is 9.87. The Balaban J connectivity index is 2.34. The summed E-state index contributed by atoms with van der Waals surface area (Å²) in [6.07, 6.45) is 0. The van der Waals surface area contributed by atoms with Crippen LogP contribution in [0.15, 0.2) is 42.5 Å². The van der Waals surface area contributed by atoms with Crippen molar-refractivity contribution in [3.63, 3.8) is 0 Å². The summed E-state index contributed by atoms with van der Waals surface area (Å²) in [6.45, 7) is 6.89. The summed E-state index contributed by atoms with van der Waals surface area (Å²) in [5.41, 5.74) is 7.88. The molecule has 3 heteroatoms. The van der Waals surface area contributed by atoms with Crippen molar-refractivity contribution < 1.29 is 4.74 Å². The van der Waals surface area contributed by atoms with Crippen molar-refractivity contribution in [3.8, 4) is 11.5 Å². The molecule has 0 amide bonds. The van der Waals surface area contributed by atoms with Gasteiger partial charge in [-0.15, -0.1) is 0 Å². The molecule has 0 aromatic heterocycles. The van der Waals surface area contributed by atoms with Crippen molar-refractivity contribution in [2.24, 2.45) is 5.73 Å². The van der Waals surface area contributed by atoms with Crippen LogP contribution in [-0.4, -0.2) is 0 Å². The molecule has 0 fully saturated rings. The predicted octanol–water partition coefficient (Wildman–Crippen LogP) is 4.89. The lowest BCUT2D eigenvalue weighted by Gasteiger charge is -2.20. The Morgan fingerprint density at radius 2 is 1.80 bits per heavy atom. The number of hydrogen-bond donors (Lipinski definition) is 1. The second kappa shape index (κ2) is 5.86. The minimum atomic E-state index is 0.0877. The normalized spacial score (nSPS) is 11.4. The second-order valence-corrected chi connectivity index (χ2v) is 6.21. The molecular weight excluding hydrogens is 270 g/mol. The molecule has 0 aliphatic carbocycles. The van der Waals surface area contributed by atoms with Gasteiger partial charge in [-0.2, -0.15) is 0 Å². The van der Waals surface area contributed by atoms with Gasteiger partial charge in [0.2, 0.25) is 0 Å². The van der Waals surface area contributed by atoms with E-state index in [-0.39, 0.29) is 5.41 Å². The van der Waals surface area contributed by atoms with Gasteiger partial charge in [-0.1, -0.05) is 50.6 Å². The van der Waals surface area contributed by atoms with Crippen LogP contribution in [0.4, 0.5) is 0 Å². The van der Waals surface area contributed by atoms with E-state index in [1.54, 1.807) is 0 Å². The molecule has 0 unspecified atom stereocenters. The zero-order valence-corrected chi connectivity index (χ0v) is 12.9. The molecular formula is C17H20ClNO. The number of nitrogens with two attached hydrogens (primary N) is 1. The van der Waals surface area contributed by atoms with E-state index in [9.17, 15) is 0 Å². The lowest BCUT2D eigenvalue weighted by molar-refractivity contribution is 0.472. The maximum atomic E-state index is 6.14. The fourth-order valence-electron chi connectivity index (χ4n) is 1.99. The van der Waals surface area contributed by atoms with Gasteiger partial charge in [-0.05, 0) is 35.2 Å². The molecule has 0 aliphatic rings. The van der Waals surface area contributed by atoms with Gasteiger partial charge < -0.3 is 10.5 Å². The van der Waals surface area contributed by atoms with E-state index in [0.29, 0.717) is 17.3 Å². The molecule has 0 spiro atoms. The molecule has 2 N–H and O–H groups in total. The van der Waals surface area contributed by atoms with E-state index < -0.39 is 0 Å². The Morgan fingerprint density at radius 1 is 1.10 bits per heavy atom. The quantitative estimate of drug-likeness (QED) is 0.873. The lowest BCUT2D eigenvalue weighted by Crippen LogP contribution is -2.10. The molecule has 0 heterocycles. The van der Waals surface area contributed by atoms with E-state index in [0.717, 1.165) is 11.3 Å². The standard InChI is InChI=1S/C17H20ClNO/c1-17(2,3)12-6-4-7-13(10-12)20-16-9-5-8-15(18)14(16)11-19/h4-10H,11,19H2,1-3H3. The van der Waals surface area contributed by atoms with Gasteiger partial charge in [0.1, 0.15) is 11.5 Å². The third kappa shape index (κ3) is 3.33. The first kappa shape index (κ1) is 14.9. The maximum absolute atomic E-state index is 6.14. The van der Waals surface area contributed by atoms with Crippen molar-refractivity contribution in [3.05, 3.63) is 58.6 Å². The molecule has 2 aromatic rings. The Bertz CT molecular complexity index is 602. The fourth-order valence-corrected chi connectivity index (χ4v) is 2.23. The van der Waals surface area contributed by atoms with Gasteiger partial charge in [0, 0.05) is 17.1 Å². The van der Waals surface area contributed by atoms with Gasteiger partial charge in [-0.3, -0.25) is 0 Å². The van der Waals surface area contributed by atoms with Crippen molar-refractivity contribution in [2.45, 2.75) is 32.7 Å². The van der Waals surface area contributed by atoms with E-state index in [1.165, 1.54) is 5.56 Å². The highest BCUT2D eigenvalue weighted by molar-refractivity contribution is 6.31. The Morgan fingerprint density at radius 3 is 2.45 bits per heavy atom. The summed E-state index contributed by atoms with van der Waals surface area (Å²) in [7, 11) is 0. The molecule has 0 radical (unpaired) electrons. The Hall–Kier alpha value is -1.51. The molecule has 20 heavy (non-hydrogen) atoms. The van der Waals surface area contributed by atoms with Crippen molar-refractivity contribution in [2.75, 3.05) is 0 Å². The summed E-state index contributed by atoms with van der Waals surface area (Å²) in [6, 6.07) is 13.7. The fraction of sp³-hybridized carbons (Fsp3) is 0.294. The summed E-state index contributed by atoms with van der Waals surface area (Å²) < 4.78 is 5.95. The number of halogens is 1. The smallest absolute Gasteiger partial charge is 0.133 e. The van der Waals surface area contributed by atoms with E-state index in [4.69, 9.17) is 22.1 Å². The zero-order chi connectivity index (χ0) is 14.8. The van der Waals surface area contributed by atoms with Crippen LogP contribution in [0.5, 0.6) is 11.5 Å². The summed E-state index contributed by atoms with van der Waals surface area (Å²) in [4.78, 5) is 0. The van der Waals surface area contributed by atoms with Crippen LogP contribution in [0.2, 0.25) is 5.02 Å². The minimum absolute atomic E-state index is 0.0877. The predicted molar refractivity (Wildman–Crippen MR) is 84.6 cm³/mol. The highest BCUT2D eigenvalue weighted by Gasteiger charge is 2.14. The van der Waals surface area contributed by atoms with Crippen LogP contribution < -0.4 is 10.5 Å². The molecule has 2 nitrogen and oxygen atoms in total. The topological polar surface area (TPSA) is 35.2 Å². The highest BCUT2D eigenvalue weighted by atomic mass is 35.5. The van der Waals surface area contributed by atoms with Crippen LogP contribution in [0.1, 0.15) is 31.9 Å². The molecule has 0 aliphatic heterocycles. The van der Waals surface area contributed by atoms with Gasteiger partial charge in [-0.25, -0.2) is 0 Å². The molecule has 2 aromatic carbocycles. The molecule has 0 atom stereocenters. The van der Waals surface area contributed by atoms with Crippen molar-refractivity contribution >= 4 is 11.6 Å². The molecule has 106 valence electrons. The first-order chi connectivity index (χ1) is 9.41. The van der Waals surface area contributed by atoms with Crippen LogP contribution >= 0.6 is 11.6 Å². The minimum Gasteiger partial charge on any atom is -0.457 e. The number of hydrogen-bond acceptors (Lipinski definition) is 2. The third-order valence-electron chi connectivity index (χ3n) is 3.21. The molecule has 2 rings (SSSR count). The van der Waals surface area contributed by atoms with Gasteiger partial charge in [0.25, 0.3) is 0 Å². The largest absolute Gasteiger partial charge is 0.457 e. The van der Waals surface area contributed by atoms with Crippen LogP contribution in [0.3, 0.4) is 0 Å². The first-order valence-electron chi connectivity index (χ1n) is 6.67. The van der Waals surface area contributed by atoms with Gasteiger partial charge in [0.15, 0.2) is 0 Å². The number of rotatable bonds is 3. The summed E-state index contributed by atoms with van der Waals surface area (Å²) in [5, 5.41) is 0.636. The summed E-state index contributed by atoms with van der Waals surface area (Å²) in [5.74, 6) is 1.51. The van der Waals surface area contributed by atoms with Crippen LogP contribution in [0, 0.1) is 0 Å². The zero-order valence-electron chi connectivity index (χ0n) is 12.1. The third-order valence-corrected chi connectivity index (χ3v) is 3.56. The average Bonchev–Trinajstić information content (AvgIpc) is 2.38. The number of ether oxygens (including phenoxy) is 1. The van der Waals surface area contributed by atoms with E-state index in [2.05, 4.69) is 32.9 Å². The molecule has 0 saturated carbocycles. The summed E-state index contributed by atoms with van der Waals surface area (Å²) >= 11 is 6.14. The Kier molecular flexibility index (Phi) is 4.36. The van der Waals surface area contributed by atoms with Crippen LogP contribution in [0.25, 0.3) is 0 Å². The monoisotopic (exact) mass is 289 g/mol. The second-order valence-electron chi connectivity index (χ2n) is 5.80. The van der Waals surface area contributed by atoms with Crippen molar-refractivity contribution in [1.29, 1.82) is 0 Å². The SMILES string of the molecule is CC(C)(C)c1cccc(Oc2cccc(Cl)c2CN)c1. The maximum Gasteiger partial charge on any atom is 0.133 e. The Labute approximate surface area is 125 Å². The van der Waals surface area contributed by atoms with E-state index >= 15 is 0 Å².